The molecule has 1 aromatic rings. The van der Waals surface area contributed by atoms with Gasteiger partial charge in [0.2, 0.25) is 0 Å². The van der Waals surface area contributed by atoms with Gasteiger partial charge in [-0.3, -0.25) is 0 Å². The molecule has 13 heavy (non-hydrogen) atoms. The third-order valence-electron chi connectivity index (χ3n) is 1.38. The predicted molar refractivity (Wildman–Crippen MR) is 45.2 cm³/mol. The molecule has 0 amide bonds. The standard InChI is InChI=1S/C7H5Cl2F2NO/c8-5-1-4(2-6(9)12-5)7(10,11)3-13/h1-2,13H,3H2. The predicted octanol–water partition coefficient (Wildman–Crippen LogP) is 2.47. The van der Waals surface area contributed by atoms with Crippen LogP contribution in [-0.4, -0.2) is 16.7 Å². The van der Waals surface area contributed by atoms with Crippen molar-refractivity contribution >= 4 is 23.2 Å². The van der Waals surface area contributed by atoms with Crippen LogP contribution in [0.5, 0.6) is 0 Å². The minimum atomic E-state index is -3.34. The van der Waals surface area contributed by atoms with E-state index in [1.807, 2.05) is 0 Å². The molecule has 2 nitrogen and oxygen atoms in total. The fraction of sp³-hybridized carbons (Fsp3) is 0.286. The van der Waals surface area contributed by atoms with Crippen molar-refractivity contribution in [3.05, 3.63) is 28.0 Å². The van der Waals surface area contributed by atoms with E-state index in [0.717, 1.165) is 12.1 Å². The molecule has 0 bridgehead atoms. The highest BCUT2D eigenvalue weighted by Crippen LogP contribution is 2.29. The Kier molecular flexibility index (Phi) is 3.05. The van der Waals surface area contributed by atoms with Gasteiger partial charge >= 0.3 is 0 Å². The van der Waals surface area contributed by atoms with Crippen molar-refractivity contribution in [2.24, 2.45) is 0 Å². The van der Waals surface area contributed by atoms with Crippen molar-refractivity contribution in [2.75, 3.05) is 6.61 Å². The monoisotopic (exact) mass is 227 g/mol. The molecule has 0 saturated carbocycles. The summed E-state index contributed by atoms with van der Waals surface area (Å²) in [5.74, 6) is -3.34. The Balaban J connectivity index is 3.15. The number of hydrogen-bond donors (Lipinski definition) is 1. The second-order valence-electron chi connectivity index (χ2n) is 2.36. The SMILES string of the molecule is OCC(F)(F)c1cc(Cl)nc(Cl)c1. The molecule has 1 aromatic heterocycles. The number of aromatic nitrogens is 1. The fourth-order valence-corrected chi connectivity index (χ4v) is 1.23. The first-order chi connectivity index (χ1) is 5.95. The van der Waals surface area contributed by atoms with Crippen LogP contribution in [0, 0.1) is 0 Å². The van der Waals surface area contributed by atoms with Crippen molar-refractivity contribution in [2.45, 2.75) is 5.92 Å². The molecule has 0 aliphatic heterocycles. The van der Waals surface area contributed by atoms with Crippen molar-refractivity contribution in [1.29, 1.82) is 0 Å². The van der Waals surface area contributed by atoms with E-state index in [-0.39, 0.29) is 10.3 Å². The van der Waals surface area contributed by atoms with Gasteiger partial charge in [-0.2, -0.15) is 8.78 Å². The largest absolute Gasteiger partial charge is 0.390 e. The lowest BCUT2D eigenvalue weighted by molar-refractivity contribution is -0.0556. The normalized spacial score (nSPS) is 11.8. The lowest BCUT2D eigenvalue weighted by Gasteiger charge is -2.13. The zero-order valence-corrected chi connectivity index (χ0v) is 7.78. The number of rotatable bonds is 2. The maximum atomic E-state index is 12.9. The van der Waals surface area contributed by atoms with Crippen LogP contribution in [-0.2, 0) is 5.92 Å². The highest BCUT2D eigenvalue weighted by Gasteiger charge is 2.31. The van der Waals surface area contributed by atoms with E-state index in [0.29, 0.717) is 0 Å². The van der Waals surface area contributed by atoms with Crippen LogP contribution in [0.3, 0.4) is 0 Å². The van der Waals surface area contributed by atoms with Crippen LogP contribution in [0.1, 0.15) is 5.56 Å². The average molecular weight is 228 g/mol. The number of alkyl halides is 2. The zero-order chi connectivity index (χ0) is 10.1. The van der Waals surface area contributed by atoms with Gasteiger partial charge in [-0.25, -0.2) is 4.98 Å². The maximum Gasteiger partial charge on any atom is 0.296 e. The molecule has 0 fully saturated rings. The summed E-state index contributed by atoms with van der Waals surface area (Å²) in [7, 11) is 0. The summed E-state index contributed by atoms with van der Waals surface area (Å²) in [5, 5.41) is 8.11. The van der Waals surface area contributed by atoms with E-state index in [4.69, 9.17) is 28.3 Å². The molecule has 0 aliphatic rings. The molecule has 0 atom stereocenters. The van der Waals surface area contributed by atoms with Gasteiger partial charge in [-0.15, -0.1) is 0 Å². The molecule has 1 N–H and O–H groups in total. The maximum absolute atomic E-state index is 12.9. The van der Waals surface area contributed by atoms with Gasteiger partial charge in [0, 0.05) is 5.56 Å². The van der Waals surface area contributed by atoms with E-state index in [1.165, 1.54) is 0 Å². The van der Waals surface area contributed by atoms with Crippen LogP contribution in [0.15, 0.2) is 12.1 Å². The van der Waals surface area contributed by atoms with Gasteiger partial charge in [0.1, 0.15) is 16.9 Å². The smallest absolute Gasteiger partial charge is 0.296 e. The van der Waals surface area contributed by atoms with Crippen molar-refractivity contribution in [1.82, 2.24) is 4.98 Å². The Labute approximate surface area is 83.1 Å². The van der Waals surface area contributed by atoms with Crippen molar-refractivity contribution < 1.29 is 13.9 Å². The van der Waals surface area contributed by atoms with E-state index in [9.17, 15) is 8.78 Å². The van der Waals surface area contributed by atoms with E-state index < -0.39 is 18.1 Å². The molecule has 0 aromatic carbocycles. The number of aliphatic hydroxyl groups is 1. The first-order valence-electron chi connectivity index (χ1n) is 3.28. The number of pyridine rings is 1. The molecule has 1 rings (SSSR count). The first kappa shape index (κ1) is 10.6. The number of aliphatic hydroxyl groups excluding tert-OH is 1. The minimum Gasteiger partial charge on any atom is -0.390 e. The Morgan fingerprint density at radius 1 is 1.31 bits per heavy atom. The molecule has 6 heteroatoms. The van der Waals surface area contributed by atoms with E-state index in [1.54, 1.807) is 0 Å². The van der Waals surface area contributed by atoms with Crippen LogP contribution in [0.25, 0.3) is 0 Å². The highest BCUT2D eigenvalue weighted by molar-refractivity contribution is 6.32. The van der Waals surface area contributed by atoms with Gasteiger partial charge in [0.05, 0.1) is 0 Å². The number of hydrogen-bond acceptors (Lipinski definition) is 2. The fourth-order valence-electron chi connectivity index (χ4n) is 0.767. The Morgan fingerprint density at radius 3 is 2.15 bits per heavy atom. The molecule has 0 spiro atoms. The summed E-state index contributed by atoms with van der Waals surface area (Å²) in [5.41, 5.74) is -0.444. The Bertz CT molecular complexity index is 299. The molecule has 0 aliphatic carbocycles. The average Bonchev–Trinajstić information content (AvgIpc) is 2.02. The van der Waals surface area contributed by atoms with E-state index >= 15 is 0 Å². The molecular formula is C7H5Cl2F2NO. The zero-order valence-electron chi connectivity index (χ0n) is 6.27. The van der Waals surface area contributed by atoms with Crippen molar-refractivity contribution in [3.63, 3.8) is 0 Å². The number of halogens is 4. The molecule has 72 valence electrons. The Morgan fingerprint density at radius 2 is 1.77 bits per heavy atom. The summed E-state index contributed by atoms with van der Waals surface area (Å²) in [6.07, 6.45) is 0. The second-order valence-corrected chi connectivity index (χ2v) is 3.14. The molecule has 0 saturated heterocycles. The van der Waals surface area contributed by atoms with Gasteiger partial charge in [-0.05, 0) is 12.1 Å². The lowest BCUT2D eigenvalue weighted by Crippen LogP contribution is -2.18. The summed E-state index contributed by atoms with van der Waals surface area (Å²) < 4.78 is 25.7. The minimum absolute atomic E-state index is 0.129. The third-order valence-corrected chi connectivity index (χ3v) is 1.77. The van der Waals surface area contributed by atoms with Gasteiger partial charge in [0.15, 0.2) is 0 Å². The summed E-state index contributed by atoms with van der Waals surface area (Å²) in [4.78, 5) is 3.50. The summed E-state index contributed by atoms with van der Waals surface area (Å²) >= 11 is 10.8. The van der Waals surface area contributed by atoms with Crippen LogP contribution in [0.2, 0.25) is 10.3 Å². The second kappa shape index (κ2) is 3.74. The molecular weight excluding hydrogens is 223 g/mol. The topological polar surface area (TPSA) is 33.1 Å². The first-order valence-corrected chi connectivity index (χ1v) is 4.03. The Hall–Kier alpha value is -0.450. The van der Waals surface area contributed by atoms with Gasteiger partial charge in [0.25, 0.3) is 5.92 Å². The van der Waals surface area contributed by atoms with Gasteiger partial charge in [-0.1, -0.05) is 23.2 Å². The molecule has 1 heterocycles. The molecule has 0 unspecified atom stereocenters. The quantitative estimate of drug-likeness (QED) is 0.788. The lowest BCUT2D eigenvalue weighted by atomic mass is 10.1. The third kappa shape index (κ3) is 2.49. The summed E-state index contributed by atoms with van der Waals surface area (Å²) in [6, 6.07) is 1.92. The highest BCUT2D eigenvalue weighted by atomic mass is 35.5. The van der Waals surface area contributed by atoms with Crippen LogP contribution >= 0.6 is 23.2 Å². The van der Waals surface area contributed by atoms with Crippen LogP contribution < -0.4 is 0 Å². The number of nitrogens with zero attached hydrogens (tertiary/aromatic N) is 1. The van der Waals surface area contributed by atoms with Gasteiger partial charge < -0.3 is 5.11 Å². The summed E-state index contributed by atoms with van der Waals surface area (Å²) in [6.45, 7) is -1.29. The molecule has 0 radical (unpaired) electrons. The van der Waals surface area contributed by atoms with Crippen LogP contribution in [0.4, 0.5) is 8.78 Å². The van der Waals surface area contributed by atoms with E-state index in [2.05, 4.69) is 4.98 Å². The van der Waals surface area contributed by atoms with Crippen molar-refractivity contribution in [3.8, 4) is 0 Å².